The molecule has 0 aromatic carbocycles. The molecule has 0 aliphatic carbocycles. The summed E-state index contributed by atoms with van der Waals surface area (Å²) < 4.78 is 10.6. The second kappa shape index (κ2) is 5.01. The Kier molecular flexibility index (Phi) is 3.43. The smallest absolute Gasteiger partial charge is 0.338 e. The molecule has 1 aromatic rings. The molecular weight excluding hydrogens is 224 g/mol. The third kappa shape index (κ3) is 2.47. The lowest BCUT2D eigenvalue weighted by Gasteiger charge is -2.24. The van der Waals surface area contributed by atoms with Crippen molar-refractivity contribution in [2.24, 2.45) is 0 Å². The number of hydrogen-bond donors (Lipinski definition) is 0. The number of anilines is 1. The van der Waals surface area contributed by atoms with Gasteiger partial charge in [0, 0.05) is 6.07 Å². The number of carbonyl (C=O) groups is 1. The number of ether oxygens (including phenoxy) is 2. The van der Waals surface area contributed by atoms with Crippen LogP contribution in [0.4, 0.5) is 5.82 Å². The Balaban J connectivity index is 2.28. The number of hydrogen-bond acceptors (Lipinski definition) is 5. The Morgan fingerprint density at radius 1 is 1.53 bits per heavy atom. The Labute approximate surface area is 98.9 Å². The Morgan fingerprint density at radius 2 is 2.24 bits per heavy atom. The van der Waals surface area contributed by atoms with Gasteiger partial charge in [0.1, 0.15) is 13.1 Å². The van der Waals surface area contributed by atoms with Crippen molar-refractivity contribution in [1.29, 1.82) is 0 Å². The highest BCUT2D eigenvalue weighted by molar-refractivity contribution is 5.89. The van der Waals surface area contributed by atoms with Crippen LogP contribution in [-0.2, 0) is 9.47 Å². The maximum absolute atomic E-state index is 11.7. The number of nitrogens with zero attached hydrogens (tertiary/aromatic N) is 2. The van der Waals surface area contributed by atoms with Gasteiger partial charge in [-0.15, -0.1) is 0 Å². The quantitative estimate of drug-likeness (QED) is 0.410. The van der Waals surface area contributed by atoms with Crippen LogP contribution in [0.1, 0.15) is 10.4 Å². The molecule has 1 aliphatic rings. The molecule has 6 heteroatoms. The first kappa shape index (κ1) is 11.7. The molecular formula is C11H14N2O4. The molecule has 92 valence electrons. The van der Waals surface area contributed by atoms with Crippen LogP contribution >= 0.6 is 0 Å². The summed E-state index contributed by atoms with van der Waals surface area (Å²) in [5.74, 6) is 0.0105. The summed E-state index contributed by atoms with van der Waals surface area (Å²) in [4.78, 5) is 13.3. The molecule has 0 unspecified atom stereocenters. The first-order chi connectivity index (χ1) is 8.22. The van der Waals surface area contributed by atoms with Gasteiger partial charge in [0.2, 0.25) is 0 Å². The van der Waals surface area contributed by atoms with Crippen LogP contribution in [0.15, 0.2) is 18.3 Å². The lowest BCUT2D eigenvalue weighted by molar-refractivity contribution is -0.592. The summed E-state index contributed by atoms with van der Waals surface area (Å²) >= 11 is 0. The molecule has 17 heavy (non-hydrogen) atoms. The van der Waals surface area contributed by atoms with Crippen molar-refractivity contribution in [3.8, 4) is 0 Å². The fraction of sp³-hybridized carbons (Fsp3) is 0.455. The molecule has 0 bridgehead atoms. The molecule has 0 amide bonds. The van der Waals surface area contributed by atoms with Crippen LogP contribution in [0.3, 0.4) is 0 Å². The number of rotatable bonds is 2. The number of aromatic nitrogens is 1. The Hall–Kier alpha value is -1.82. The van der Waals surface area contributed by atoms with E-state index in [9.17, 15) is 10.0 Å². The van der Waals surface area contributed by atoms with E-state index < -0.39 is 5.97 Å². The van der Waals surface area contributed by atoms with E-state index in [2.05, 4.69) is 4.74 Å². The number of morpholine rings is 1. The van der Waals surface area contributed by atoms with E-state index in [-0.39, 0.29) is 0 Å². The van der Waals surface area contributed by atoms with Crippen molar-refractivity contribution in [2.75, 3.05) is 38.3 Å². The fourth-order valence-corrected chi connectivity index (χ4v) is 1.74. The monoisotopic (exact) mass is 238 g/mol. The maximum atomic E-state index is 11.7. The molecule has 1 fully saturated rings. The molecule has 2 rings (SSSR count). The summed E-state index contributed by atoms with van der Waals surface area (Å²) in [5.41, 5.74) is 0.376. The first-order valence-corrected chi connectivity index (χ1v) is 5.36. The molecule has 0 spiro atoms. The van der Waals surface area contributed by atoms with Crippen LogP contribution in [0.2, 0.25) is 0 Å². The molecule has 1 aliphatic heterocycles. The Morgan fingerprint density at radius 3 is 2.88 bits per heavy atom. The van der Waals surface area contributed by atoms with Crippen LogP contribution in [-0.4, -0.2) is 39.4 Å². The van der Waals surface area contributed by atoms with Gasteiger partial charge >= 0.3 is 5.97 Å². The van der Waals surface area contributed by atoms with Crippen molar-refractivity contribution in [1.82, 2.24) is 0 Å². The van der Waals surface area contributed by atoms with E-state index >= 15 is 0 Å². The highest BCUT2D eigenvalue weighted by atomic mass is 16.5. The molecule has 1 aromatic heterocycles. The SMILES string of the molecule is COC(=O)c1cc[n+]([O-])c(N2CCOCC2)c1. The largest absolute Gasteiger partial charge is 0.711 e. The molecule has 0 radical (unpaired) electrons. The summed E-state index contributed by atoms with van der Waals surface area (Å²) in [6.45, 7) is 2.46. The van der Waals surface area contributed by atoms with Gasteiger partial charge in [0.25, 0.3) is 5.82 Å². The lowest BCUT2D eigenvalue weighted by atomic mass is 10.2. The van der Waals surface area contributed by atoms with Crippen molar-refractivity contribution >= 4 is 11.8 Å². The summed E-state index contributed by atoms with van der Waals surface area (Å²) in [6.07, 6.45) is 1.32. The van der Waals surface area contributed by atoms with Gasteiger partial charge in [-0.05, 0) is 6.07 Å². The second-order valence-electron chi connectivity index (χ2n) is 3.69. The van der Waals surface area contributed by atoms with Crippen LogP contribution < -0.4 is 9.63 Å². The van der Waals surface area contributed by atoms with E-state index in [1.807, 2.05) is 4.90 Å². The predicted molar refractivity (Wildman–Crippen MR) is 59.8 cm³/mol. The van der Waals surface area contributed by atoms with Gasteiger partial charge in [0.15, 0.2) is 0 Å². The van der Waals surface area contributed by atoms with Crippen LogP contribution in [0, 0.1) is 5.21 Å². The van der Waals surface area contributed by atoms with Gasteiger partial charge < -0.3 is 14.7 Å². The van der Waals surface area contributed by atoms with E-state index in [4.69, 9.17) is 4.74 Å². The van der Waals surface area contributed by atoms with Crippen molar-refractivity contribution in [2.45, 2.75) is 0 Å². The standard InChI is InChI=1S/C11H14N2O4/c1-16-11(14)9-2-3-13(15)10(8-9)12-4-6-17-7-5-12/h2-3,8H,4-7H2,1H3. The summed E-state index contributed by atoms with van der Waals surface area (Å²) in [7, 11) is 1.31. The number of carbonyl (C=O) groups excluding carboxylic acids is 1. The number of esters is 1. The highest BCUT2D eigenvalue weighted by Crippen LogP contribution is 2.13. The summed E-state index contributed by atoms with van der Waals surface area (Å²) in [5, 5.41) is 11.7. The van der Waals surface area contributed by atoms with Crippen LogP contribution in [0.25, 0.3) is 0 Å². The molecule has 1 saturated heterocycles. The molecule has 2 heterocycles. The zero-order chi connectivity index (χ0) is 12.3. The normalized spacial score (nSPS) is 15.7. The van der Waals surface area contributed by atoms with Gasteiger partial charge in [0.05, 0.1) is 32.1 Å². The fourth-order valence-electron chi connectivity index (χ4n) is 1.74. The average molecular weight is 238 g/mol. The van der Waals surface area contributed by atoms with E-state index in [1.165, 1.54) is 19.4 Å². The first-order valence-electron chi connectivity index (χ1n) is 5.36. The minimum atomic E-state index is -0.444. The molecule has 0 atom stereocenters. The predicted octanol–water partition coefficient (Wildman–Crippen LogP) is -0.0568. The highest BCUT2D eigenvalue weighted by Gasteiger charge is 2.22. The third-order valence-electron chi connectivity index (χ3n) is 2.66. The number of methoxy groups -OCH3 is 1. The Bertz CT molecular complexity index is 416. The molecule has 0 N–H and O–H groups in total. The van der Waals surface area contributed by atoms with E-state index in [0.717, 1.165) is 4.73 Å². The number of pyridine rings is 1. The van der Waals surface area contributed by atoms with Gasteiger partial charge in [-0.3, -0.25) is 4.90 Å². The third-order valence-corrected chi connectivity index (χ3v) is 2.66. The lowest BCUT2D eigenvalue weighted by Crippen LogP contribution is -2.44. The van der Waals surface area contributed by atoms with Gasteiger partial charge in [-0.25, -0.2) is 9.52 Å². The maximum Gasteiger partial charge on any atom is 0.338 e. The zero-order valence-electron chi connectivity index (χ0n) is 9.59. The van der Waals surface area contributed by atoms with E-state index in [1.54, 1.807) is 6.07 Å². The molecule has 0 saturated carbocycles. The average Bonchev–Trinajstić information content (AvgIpc) is 2.39. The van der Waals surface area contributed by atoms with Gasteiger partial charge in [-0.1, -0.05) is 0 Å². The zero-order valence-corrected chi connectivity index (χ0v) is 9.59. The van der Waals surface area contributed by atoms with Crippen molar-refractivity contribution < 1.29 is 19.0 Å². The second-order valence-corrected chi connectivity index (χ2v) is 3.69. The molecule has 6 nitrogen and oxygen atoms in total. The van der Waals surface area contributed by atoms with Crippen LogP contribution in [0.5, 0.6) is 0 Å². The summed E-state index contributed by atoms with van der Waals surface area (Å²) in [6, 6.07) is 2.99. The minimum absolute atomic E-state index is 0.376. The van der Waals surface area contributed by atoms with Gasteiger partial charge in [-0.2, -0.15) is 0 Å². The topological polar surface area (TPSA) is 65.7 Å². The van der Waals surface area contributed by atoms with Crippen molar-refractivity contribution in [3.63, 3.8) is 0 Å². The minimum Gasteiger partial charge on any atom is -0.711 e. The van der Waals surface area contributed by atoms with Crippen molar-refractivity contribution in [3.05, 3.63) is 29.1 Å². The van der Waals surface area contributed by atoms with E-state index in [0.29, 0.717) is 37.7 Å².